The van der Waals surface area contributed by atoms with E-state index in [-0.39, 0.29) is 12.6 Å². The highest BCUT2D eigenvalue weighted by atomic mass is 16.5. The Labute approximate surface area is 119 Å². The third-order valence-corrected chi connectivity index (χ3v) is 3.82. The van der Waals surface area contributed by atoms with E-state index >= 15 is 0 Å². The highest BCUT2D eigenvalue weighted by Gasteiger charge is 2.32. The lowest BCUT2D eigenvalue weighted by Crippen LogP contribution is -2.53. The highest BCUT2D eigenvalue weighted by Crippen LogP contribution is 2.28. The van der Waals surface area contributed by atoms with E-state index in [9.17, 15) is 9.90 Å². The molecule has 20 heavy (non-hydrogen) atoms. The first-order chi connectivity index (χ1) is 9.67. The van der Waals surface area contributed by atoms with Gasteiger partial charge in [-0.2, -0.15) is 0 Å². The number of nitrogens with one attached hydrogen (secondary N) is 2. The first kappa shape index (κ1) is 14.7. The van der Waals surface area contributed by atoms with Gasteiger partial charge in [0, 0.05) is 11.8 Å². The summed E-state index contributed by atoms with van der Waals surface area (Å²) in [5.41, 5.74) is 0.201. The van der Waals surface area contributed by atoms with Crippen molar-refractivity contribution in [1.29, 1.82) is 0 Å². The molecule has 0 atom stereocenters. The molecule has 2 amide bonds. The van der Waals surface area contributed by atoms with E-state index < -0.39 is 5.54 Å². The zero-order valence-corrected chi connectivity index (χ0v) is 11.8. The fourth-order valence-electron chi connectivity index (χ4n) is 2.66. The molecule has 1 aliphatic carbocycles. The molecule has 5 nitrogen and oxygen atoms in total. The maximum Gasteiger partial charge on any atom is 0.319 e. The monoisotopic (exact) mass is 278 g/mol. The summed E-state index contributed by atoms with van der Waals surface area (Å²) < 4.78 is 5.12. The molecule has 1 aromatic carbocycles. The molecular weight excluding hydrogens is 256 g/mol. The lowest BCUT2D eigenvalue weighted by atomic mass is 9.82. The van der Waals surface area contributed by atoms with Gasteiger partial charge in [0.05, 0.1) is 19.3 Å². The molecule has 0 heterocycles. The molecule has 0 radical (unpaired) electrons. The third-order valence-electron chi connectivity index (χ3n) is 3.82. The van der Waals surface area contributed by atoms with Gasteiger partial charge in [0.15, 0.2) is 0 Å². The van der Waals surface area contributed by atoms with Gasteiger partial charge in [-0.1, -0.05) is 25.3 Å². The summed E-state index contributed by atoms with van der Waals surface area (Å²) in [5, 5.41) is 15.3. The third kappa shape index (κ3) is 3.63. The fourth-order valence-corrected chi connectivity index (χ4v) is 2.66. The molecule has 1 aliphatic rings. The van der Waals surface area contributed by atoms with E-state index in [1.54, 1.807) is 19.2 Å². The van der Waals surface area contributed by atoms with E-state index in [2.05, 4.69) is 10.6 Å². The van der Waals surface area contributed by atoms with E-state index in [1.807, 2.05) is 12.1 Å². The number of benzene rings is 1. The Bertz CT molecular complexity index is 456. The fraction of sp³-hybridized carbons (Fsp3) is 0.533. The molecule has 0 unspecified atom stereocenters. The van der Waals surface area contributed by atoms with Gasteiger partial charge in [-0.25, -0.2) is 4.79 Å². The van der Waals surface area contributed by atoms with Gasteiger partial charge in [-0.3, -0.25) is 0 Å². The van der Waals surface area contributed by atoms with Crippen molar-refractivity contribution in [3.63, 3.8) is 0 Å². The van der Waals surface area contributed by atoms with E-state index in [1.165, 1.54) is 6.42 Å². The molecule has 2 rings (SSSR count). The van der Waals surface area contributed by atoms with Gasteiger partial charge in [-0.15, -0.1) is 0 Å². The van der Waals surface area contributed by atoms with Crippen LogP contribution < -0.4 is 15.4 Å². The predicted octanol–water partition coefficient (Wildman–Crippen LogP) is 2.51. The lowest BCUT2D eigenvalue weighted by Gasteiger charge is -2.36. The smallest absolute Gasteiger partial charge is 0.319 e. The Balaban J connectivity index is 1.97. The molecule has 1 aromatic rings. The Kier molecular flexibility index (Phi) is 4.84. The minimum atomic E-state index is -0.471. The van der Waals surface area contributed by atoms with Crippen LogP contribution in [0.5, 0.6) is 5.75 Å². The first-order valence-corrected chi connectivity index (χ1v) is 7.01. The second-order valence-electron chi connectivity index (χ2n) is 5.31. The SMILES string of the molecule is COc1cccc(NC(=O)NC2(CO)CCCCC2)c1. The van der Waals surface area contributed by atoms with Crippen molar-refractivity contribution in [3.8, 4) is 5.75 Å². The number of hydrogen-bond donors (Lipinski definition) is 3. The molecule has 5 heteroatoms. The Morgan fingerprint density at radius 3 is 2.75 bits per heavy atom. The zero-order valence-electron chi connectivity index (χ0n) is 11.8. The van der Waals surface area contributed by atoms with Crippen LogP contribution in [0.15, 0.2) is 24.3 Å². The van der Waals surface area contributed by atoms with Crippen LogP contribution in [0.3, 0.4) is 0 Å². The van der Waals surface area contributed by atoms with Crippen LogP contribution in [0, 0.1) is 0 Å². The summed E-state index contributed by atoms with van der Waals surface area (Å²) in [6.45, 7) is -0.0153. The van der Waals surface area contributed by atoms with Gasteiger partial charge in [0.25, 0.3) is 0 Å². The highest BCUT2D eigenvalue weighted by molar-refractivity contribution is 5.90. The van der Waals surface area contributed by atoms with Gasteiger partial charge < -0.3 is 20.5 Å². The summed E-state index contributed by atoms with van der Waals surface area (Å²) in [7, 11) is 1.59. The van der Waals surface area contributed by atoms with Gasteiger partial charge in [0.1, 0.15) is 5.75 Å². The van der Waals surface area contributed by atoms with Crippen molar-refractivity contribution >= 4 is 11.7 Å². The van der Waals surface area contributed by atoms with Gasteiger partial charge in [-0.05, 0) is 25.0 Å². The largest absolute Gasteiger partial charge is 0.497 e. The zero-order chi connectivity index (χ0) is 14.4. The predicted molar refractivity (Wildman–Crippen MR) is 78.1 cm³/mol. The maximum absolute atomic E-state index is 12.1. The number of carbonyl (C=O) groups excluding carboxylic acids is 1. The number of urea groups is 1. The summed E-state index contributed by atoms with van der Waals surface area (Å²) >= 11 is 0. The topological polar surface area (TPSA) is 70.6 Å². The van der Waals surface area contributed by atoms with Crippen molar-refractivity contribution in [2.24, 2.45) is 0 Å². The van der Waals surface area contributed by atoms with Crippen LogP contribution in [0.2, 0.25) is 0 Å². The molecule has 3 N–H and O–H groups in total. The number of aliphatic hydroxyl groups excluding tert-OH is 1. The number of carbonyl (C=O) groups is 1. The molecule has 0 spiro atoms. The van der Waals surface area contributed by atoms with Crippen LogP contribution in [0.4, 0.5) is 10.5 Å². The van der Waals surface area contributed by atoms with Crippen molar-refractivity contribution in [3.05, 3.63) is 24.3 Å². The number of ether oxygens (including phenoxy) is 1. The minimum Gasteiger partial charge on any atom is -0.497 e. The van der Waals surface area contributed by atoms with Gasteiger partial charge >= 0.3 is 6.03 Å². The standard InChI is InChI=1S/C15H22N2O3/c1-20-13-7-5-6-12(10-13)16-14(19)17-15(11-18)8-3-2-4-9-15/h5-7,10,18H,2-4,8-9,11H2,1H3,(H2,16,17,19). The second-order valence-corrected chi connectivity index (χ2v) is 5.31. The minimum absolute atomic E-state index is 0.0153. The van der Waals surface area contributed by atoms with E-state index in [0.717, 1.165) is 25.7 Å². The van der Waals surface area contributed by atoms with Gasteiger partial charge in [0.2, 0.25) is 0 Å². The normalized spacial score (nSPS) is 17.3. The Morgan fingerprint density at radius 1 is 1.35 bits per heavy atom. The first-order valence-electron chi connectivity index (χ1n) is 7.01. The Hall–Kier alpha value is -1.75. The number of rotatable bonds is 4. The number of anilines is 1. The molecule has 0 bridgehead atoms. The molecule has 0 saturated heterocycles. The van der Waals surface area contributed by atoms with Crippen molar-refractivity contribution in [1.82, 2.24) is 5.32 Å². The number of methoxy groups -OCH3 is 1. The van der Waals surface area contributed by atoms with E-state index in [4.69, 9.17) is 4.74 Å². The molecule has 0 aromatic heterocycles. The van der Waals surface area contributed by atoms with Crippen molar-refractivity contribution in [2.75, 3.05) is 19.0 Å². The van der Waals surface area contributed by atoms with Crippen LogP contribution >= 0.6 is 0 Å². The summed E-state index contributed by atoms with van der Waals surface area (Å²) in [6.07, 6.45) is 4.91. The molecule has 110 valence electrons. The van der Waals surface area contributed by atoms with Crippen LogP contribution in [0.25, 0.3) is 0 Å². The number of aliphatic hydroxyl groups is 1. The molecule has 1 saturated carbocycles. The molecule has 1 fully saturated rings. The van der Waals surface area contributed by atoms with Crippen LogP contribution in [0.1, 0.15) is 32.1 Å². The maximum atomic E-state index is 12.1. The second kappa shape index (κ2) is 6.61. The number of hydrogen-bond acceptors (Lipinski definition) is 3. The summed E-state index contributed by atoms with van der Waals surface area (Å²) in [4.78, 5) is 12.1. The molecule has 0 aliphatic heterocycles. The van der Waals surface area contributed by atoms with Crippen LogP contribution in [-0.2, 0) is 0 Å². The quantitative estimate of drug-likeness (QED) is 0.792. The summed E-state index contributed by atoms with van der Waals surface area (Å²) in [6, 6.07) is 6.91. The lowest BCUT2D eigenvalue weighted by molar-refractivity contribution is 0.128. The number of amides is 2. The Morgan fingerprint density at radius 2 is 2.10 bits per heavy atom. The summed E-state index contributed by atoms with van der Waals surface area (Å²) in [5.74, 6) is 0.692. The molecular formula is C15H22N2O3. The average Bonchev–Trinajstić information content (AvgIpc) is 2.48. The van der Waals surface area contributed by atoms with Crippen molar-refractivity contribution < 1.29 is 14.6 Å². The average molecular weight is 278 g/mol. The van der Waals surface area contributed by atoms with Crippen molar-refractivity contribution in [2.45, 2.75) is 37.6 Å². The van der Waals surface area contributed by atoms with Crippen LogP contribution in [-0.4, -0.2) is 30.4 Å². The van der Waals surface area contributed by atoms with E-state index in [0.29, 0.717) is 11.4 Å².